The second-order valence-corrected chi connectivity index (χ2v) is 21.6. The van der Waals surface area contributed by atoms with Gasteiger partial charge in [-0.1, -0.05) is 0 Å². The zero-order valence-electron chi connectivity index (χ0n) is 7.36. The molecule has 3 heteroatoms. The molecule has 1 aromatic heterocycles. The van der Waals surface area contributed by atoms with Crippen LogP contribution in [0.5, 0.6) is 0 Å². The van der Waals surface area contributed by atoms with Gasteiger partial charge in [0.15, 0.2) is 0 Å². The number of halogens is 1. The van der Waals surface area contributed by atoms with Gasteiger partial charge in [-0.25, -0.2) is 0 Å². The third kappa shape index (κ3) is 2.46. The standard InChI is InChI=1S/C5H4BrS.3CH3.Sn/c1-4-2-3-7-5(4)6;;;;/h2H,1H3;3*1H3;. The van der Waals surface area contributed by atoms with Crippen molar-refractivity contribution in [2.45, 2.75) is 21.7 Å². The van der Waals surface area contributed by atoms with Gasteiger partial charge in [0, 0.05) is 0 Å². The third-order valence-corrected chi connectivity index (χ3v) is 13.2. The first kappa shape index (κ1) is 10.1. The van der Waals surface area contributed by atoms with Crippen molar-refractivity contribution in [2.24, 2.45) is 0 Å². The van der Waals surface area contributed by atoms with Crippen LogP contribution in [0.3, 0.4) is 0 Å². The van der Waals surface area contributed by atoms with Gasteiger partial charge in [0.25, 0.3) is 0 Å². The predicted molar refractivity (Wildman–Crippen MR) is 59.7 cm³/mol. The first-order valence-electron chi connectivity index (χ1n) is 3.67. The Morgan fingerprint density at radius 3 is 2.09 bits per heavy atom. The zero-order chi connectivity index (χ0) is 8.65. The SMILES string of the molecule is Cc1c[c]([Sn]([CH3])([CH3])[CH3])sc1Br. The second kappa shape index (κ2) is 3.38. The summed E-state index contributed by atoms with van der Waals surface area (Å²) in [5.41, 5.74) is 1.40. The number of aryl methyl sites for hydroxylation is 1. The van der Waals surface area contributed by atoms with E-state index in [2.05, 4.69) is 43.7 Å². The van der Waals surface area contributed by atoms with E-state index in [1.54, 1.807) is 2.89 Å². The Labute approximate surface area is 85.0 Å². The fourth-order valence-electron chi connectivity index (χ4n) is 0.829. The summed E-state index contributed by atoms with van der Waals surface area (Å²) in [5, 5.41) is 0. The van der Waals surface area contributed by atoms with Gasteiger partial charge in [0.2, 0.25) is 0 Å². The Bertz CT molecular complexity index is 240. The summed E-state index contributed by atoms with van der Waals surface area (Å²) in [6.45, 7) is 2.17. The average Bonchev–Trinajstić information content (AvgIpc) is 2.11. The van der Waals surface area contributed by atoms with Crippen LogP contribution in [0.1, 0.15) is 5.56 Å². The van der Waals surface area contributed by atoms with Crippen molar-refractivity contribution in [3.63, 3.8) is 0 Å². The Balaban J connectivity index is 3.08. The van der Waals surface area contributed by atoms with E-state index in [0.717, 1.165) is 0 Å². The zero-order valence-corrected chi connectivity index (χ0v) is 12.6. The molecule has 0 fully saturated rings. The van der Waals surface area contributed by atoms with Crippen molar-refractivity contribution in [3.8, 4) is 0 Å². The molecule has 0 N–H and O–H groups in total. The molecule has 0 amide bonds. The van der Waals surface area contributed by atoms with E-state index in [1.807, 2.05) is 11.3 Å². The van der Waals surface area contributed by atoms with E-state index in [1.165, 1.54) is 9.35 Å². The molecule has 0 unspecified atom stereocenters. The van der Waals surface area contributed by atoms with E-state index >= 15 is 0 Å². The van der Waals surface area contributed by atoms with Crippen LogP contribution in [0.2, 0.25) is 14.8 Å². The molecule has 0 saturated heterocycles. The average molecular weight is 340 g/mol. The number of hydrogen-bond acceptors (Lipinski definition) is 1. The first-order chi connectivity index (χ1) is 4.91. The van der Waals surface area contributed by atoms with Crippen molar-refractivity contribution >= 4 is 48.5 Å². The van der Waals surface area contributed by atoms with Crippen LogP contribution in [0.15, 0.2) is 9.85 Å². The molecule has 0 aliphatic heterocycles. The van der Waals surface area contributed by atoms with Crippen LogP contribution in [0.25, 0.3) is 0 Å². The minimum atomic E-state index is -1.75. The summed E-state index contributed by atoms with van der Waals surface area (Å²) in [6, 6.07) is 2.35. The van der Waals surface area contributed by atoms with Crippen molar-refractivity contribution in [1.29, 1.82) is 0 Å². The number of hydrogen-bond donors (Lipinski definition) is 0. The maximum absolute atomic E-state index is 3.56. The van der Waals surface area contributed by atoms with Gasteiger partial charge in [-0.05, 0) is 0 Å². The summed E-state index contributed by atoms with van der Waals surface area (Å²) < 4.78 is 2.97. The van der Waals surface area contributed by atoms with E-state index < -0.39 is 18.4 Å². The summed E-state index contributed by atoms with van der Waals surface area (Å²) in [6.07, 6.45) is 0. The monoisotopic (exact) mass is 340 g/mol. The number of rotatable bonds is 1. The van der Waals surface area contributed by atoms with Crippen LogP contribution in [-0.2, 0) is 0 Å². The van der Waals surface area contributed by atoms with Crippen LogP contribution in [0, 0.1) is 6.92 Å². The third-order valence-electron chi connectivity index (χ3n) is 1.60. The molecular formula is C8H13BrSSn. The van der Waals surface area contributed by atoms with Crippen LogP contribution < -0.4 is 2.89 Å². The van der Waals surface area contributed by atoms with Gasteiger partial charge >= 0.3 is 85.7 Å². The van der Waals surface area contributed by atoms with Gasteiger partial charge in [-0.2, -0.15) is 0 Å². The van der Waals surface area contributed by atoms with Gasteiger partial charge in [-0.3, -0.25) is 0 Å². The molecule has 0 spiro atoms. The van der Waals surface area contributed by atoms with Crippen LogP contribution >= 0.6 is 27.3 Å². The molecule has 0 saturated carbocycles. The van der Waals surface area contributed by atoms with Gasteiger partial charge in [0.05, 0.1) is 0 Å². The Morgan fingerprint density at radius 2 is 1.91 bits per heavy atom. The molecule has 1 heterocycles. The van der Waals surface area contributed by atoms with Crippen LogP contribution in [-0.4, -0.2) is 18.4 Å². The minimum absolute atomic E-state index is 1.32. The Kier molecular flexibility index (Phi) is 3.09. The summed E-state index contributed by atoms with van der Waals surface area (Å²) in [7, 11) is 0. The van der Waals surface area contributed by atoms with Crippen LogP contribution in [0.4, 0.5) is 0 Å². The number of thiophene rings is 1. The quantitative estimate of drug-likeness (QED) is 0.688. The topological polar surface area (TPSA) is 0 Å². The van der Waals surface area contributed by atoms with E-state index in [-0.39, 0.29) is 0 Å². The molecule has 11 heavy (non-hydrogen) atoms. The fraction of sp³-hybridized carbons (Fsp3) is 0.500. The fourth-order valence-corrected chi connectivity index (χ4v) is 9.05. The Hall–Kier alpha value is 0.979. The molecule has 0 aromatic carbocycles. The van der Waals surface area contributed by atoms with Crippen molar-refractivity contribution in [2.75, 3.05) is 0 Å². The van der Waals surface area contributed by atoms with E-state index in [4.69, 9.17) is 0 Å². The Morgan fingerprint density at radius 1 is 1.36 bits per heavy atom. The predicted octanol–water partition coefficient (Wildman–Crippen LogP) is 3.36. The molecular weight excluding hydrogens is 327 g/mol. The van der Waals surface area contributed by atoms with Crippen molar-refractivity contribution in [1.82, 2.24) is 0 Å². The first-order valence-corrected chi connectivity index (χ1v) is 15.3. The molecule has 0 aliphatic carbocycles. The van der Waals surface area contributed by atoms with E-state index in [9.17, 15) is 0 Å². The van der Waals surface area contributed by atoms with Crippen molar-refractivity contribution in [3.05, 3.63) is 15.4 Å². The summed E-state index contributed by atoms with van der Waals surface area (Å²) in [5.74, 6) is 0. The second-order valence-electron chi connectivity index (χ2n) is 3.82. The molecule has 0 aliphatic rings. The van der Waals surface area contributed by atoms with Gasteiger partial charge < -0.3 is 0 Å². The van der Waals surface area contributed by atoms with Gasteiger partial charge in [-0.15, -0.1) is 0 Å². The van der Waals surface area contributed by atoms with Crippen molar-refractivity contribution < 1.29 is 0 Å². The summed E-state index contributed by atoms with van der Waals surface area (Å²) >= 11 is 3.75. The molecule has 0 bridgehead atoms. The van der Waals surface area contributed by atoms with E-state index in [0.29, 0.717) is 0 Å². The molecule has 0 radical (unpaired) electrons. The molecule has 1 rings (SSSR count). The maximum atomic E-state index is 3.56. The molecule has 0 atom stereocenters. The molecule has 62 valence electrons. The summed E-state index contributed by atoms with van der Waals surface area (Å²) in [4.78, 5) is 7.35. The van der Waals surface area contributed by atoms with Gasteiger partial charge in [0.1, 0.15) is 0 Å². The molecule has 1 aromatic rings. The molecule has 0 nitrogen and oxygen atoms in total. The normalized spacial score (nSPS) is 12.1.